The summed E-state index contributed by atoms with van der Waals surface area (Å²) in [5.41, 5.74) is 0. The number of nitrogens with zero attached hydrogens (tertiary/aromatic N) is 1. The van der Waals surface area contributed by atoms with Crippen molar-refractivity contribution in [2.45, 2.75) is 6.42 Å². The number of carbonyl (C=O) groups excluding carboxylic acids is 1. The van der Waals surface area contributed by atoms with Gasteiger partial charge >= 0.3 is 5.97 Å². The Morgan fingerprint density at radius 1 is 1.47 bits per heavy atom. The second kappa shape index (κ2) is 6.19. The highest BCUT2D eigenvalue weighted by atomic mass is 16.4. The summed E-state index contributed by atoms with van der Waals surface area (Å²) in [7, 11) is 3.70. The topological polar surface area (TPSA) is 66.4 Å². The number of nitrogens with one attached hydrogen (secondary N) is 1. The van der Waals surface area contributed by atoms with E-state index in [1.165, 1.54) is 6.08 Å². The molecule has 0 aliphatic heterocycles. The molecule has 1 amide bonds. The van der Waals surface area contributed by atoms with Gasteiger partial charge in [-0.1, -0.05) is 6.58 Å². The van der Waals surface area contributed by atoms with Crippen molar-refractivity contribution < 1.29 is 19.2 Å². The summed E-state index contributed by atoms with van der Waals surface area (Å²) in [4.78, 5) is 21.3. The number of carboxylic acid groups (broad SMARTS) is 1. The average Bonchev–Trinajstić information content (AvgIpc) is 2.10. The van der Waals surface area contributed by atoms with Crippen LogP contribution in [0.1, 0.15) is 6.42 Å². The van der Waals surface area contributed by atoms with Crippen molar-refractivity contribution in [1.29, 1.82) is 0 Å². The van der Waals surface area contributed by atoms with Crippen molar-refractivity contribution >= 4 is 11.9 Å². The molecule has 0 aliphatic carbocycles. The fourth-order valence-electron chi connectivity index (χ4n) is 1.24. The summed E-state index contributed by atoms with van der Waals surface area (Å²) in [6.45, 7) is 4.69. The molecule has 2 N–H and O–H groups in total. The molecule has 0 atom stereocenters. The highest BCUT2D eigenvalue weighted by Gasteiger charge is 2.18. The third-order valence-corrected chi connectivity index (χ3v) is 1.99. The lowest BCUT2D eigenvalue weighted by molar-refractivity contribution is -0.883. The predicted octanol–water partition coefficient (Wildman–Crippen LogP) is -0.160. The quantitative estimate of drug-likeness (QED) is 0.352. The Morgan fingerprint density at radius 3 is 2.53 bits per heavy atom. The zero-order chi connectivity index (χ0) is 11.9. The fourth-order valence-corrected chi connectivity index (χ4v) is 1.24. The molecule has 0 aromatic rings. The standard InChI is InChI=1S/C10H18N2O3/c1-4-9(13)11-6-5-7-12(2,3)8-10(14)15/h4H,1,5-8H2,2-3H3,(H-,11,13,14,15)/p+1. The lowest BCUT2D eigenvalue weighted by atomic mass is 10.3. The van der Waals surface area contributed by atoms with Crippen molar-refractivity contribution in [2.24, 2.45) is 0 Å². The van der Waals surface area contributed by atoms with Crippen LogP contribution < -0.4 is 5.32 Å². The summed E-state index contributed by atoms with van der Waals surface area (Å²) in [6, 6.07) is 0. The first-order valence-electron chi connectivity index (χ1n) is 4.81. The SMILES string of the molecule is C=CC(=O)NCCC[N+](C)(C)CC(=O)O. The molecule has 0 heterocycles. The molecule has 86 valence electrons. The van der Waals surface area contributed by atoms with Crippen molar-refractivity contribution in [3.8, 4) is 0 Å². The Morgan fingerprint density at radius 2 is 2.07 bits per heavy atom. The van der Waals surface area contributed by atoms with E-state index in [9.17, 15) is 9.59 Å². The van der Waals surface area contributed by atoms with E-state index in [4.69, 9.17) is 5.11 Å². The van der Waals surface area contributed by atoms with E-state index < -0.39 is 5.97 Å². The molecule has 0 spiro atoms. The maximum Gasteiger partial charge on any atom is 0.359 e. The molecule has 0 aromatic heterocycles. The van der Waals surface area contributed by atoms with E-state index in [1.54, 1.807) is 0 Å². The minimum absolute atomic E-state index is 0.0927. The Labute approximate surface area is 90.0 Å². The Bertz CT molecular complexity index is 249. The molecule has 0 saturated carbocycles. The zero-order valence-electron chi connectivity index (χ0n) is 9.32. The molecule has 0 rings (SSSR count). The number of aliphatic carboxylic acids is 1. The molecule has 0 unspecified atom stereocenters. The molecule has 0 aliphatic rings. The monoisotopic (exact) mass is 215 g/mol. The van der Waals surface area contributed by atoms with Crippen LogP contribution in [0.15, 0.2) is 12.7 Å². The predicted molar refractivity (Wildman–Crippen MR) is 57.3 cm³/mol. The lowest BCUT2D eigenvalue weighted by Crippen LogP contribution is -2.45. The molecule has 0 saturated heterocycles. The van der Waals surface area contributed by atoms with Crippen LogP contribution >= 0.6 is 0 Å². The second-order valence-corrected chi connectivity index (χ2v) is 4.06. The van der Waals surface area contributed by atoms with Gasteiger partial charge in [0.05, 0.1) is 20.6 Å². The number of hydrogen-bond donors (Lipinski definition) is 2. The van der Waals surface area contributed by atoms with Crippen LogP contribution in [0.2, 0.25) is 0 Å². The summed E-state index contributed by atoms with van der Waals surface area (Å²) in [6.07, 6.45) is 1.97. The largest absolute Gasteiger partial charge is 0.477 e. The third-order valence-electron chi connectivity index (χ3n) is 1.99. The van der Waals surface area contributed by atoms with Gasteiger partial charge in [0.2, 0.25) is 5.91 Å². The van der Waals surface area contributed by atoms with Crippen molar-refractivity contribution in [3.63, 3.8) is 0 Å². The maximum atomic E-state index is 10.8. The van der Waals surface area contributed by atoms with E-state index in [-0.39, 0.29) is 12.5 Å². The van der Waals surface area contributed by atoms with Gasteiger partial charge in [-0.25, -0.2) is 4.79 Å². The third kappa shape index (κ3) is 7.69. The number of rotatable bonds is 7. The van der Waals surface area contributed by atoms with Crippen molar-refractivity contribution in [1.82, 2.24) is 5.32 Å². The first kappa shape index (κ1) is 13.6. The second-order valence-electron chi connectivity index (χ2n) is 4.06. The molecule has 5 heteroatoms. The zero-order valence-corrected chi connectivity index (χ0v) is 9.32. The summed E-state index contributed by atoms with van der Waals surface area (Å²) < 4.78 is 0.416. The molecule has 15 heavy (non-hydrogen) atoms. The normalized spacial score (nSPS) is 10.8. The lowest BCUT2D eigenvalue weighted by Gasteiger charge is -2.27. The molecule has 5 nitrogen and oxygen atoms in total. The number of quaternary nitrogens is 1. The molecular weight excluding hydrogens is 196 g/mol. The van der Waals surface area contributed by atoms with Gasteiger partial charge in [0.25, 0.3) is 0 Å². The number of amides is 1. The van der Waals surface area contributed by atoms with Crippen LogP contribution in [0.4, 0.5) is 0 Å². The number of hydrogen-bond acceptors (Lipinski definition) is 2. The van der Waals surface area contributed by atoms with E-state index in [0.29, 0.717) is 17.6 Å². The number of likely N-dealkylation sites (N-methyl/N-ethyl adjacent to an activating group) is 1. The van der Waals surface area contributed by atoms with E-state index in [2.05, 4.69) is 11.9 Å². The molecule has 0 bridgehead atoms. The number of carboxylic acids is 1. The van der Waals surface area contributed by atoms with E-state index >= 15 is 0 Å². The van der Waals surface area contributed by atoms with Crippen LogP contribution in [0.3, 0.4) is 0 Å². The van der Waals surface area contributed by atoms with Gasteiger partial charge < -0.3 is 14.9 Å². The highest BCUT2D eigenvalue weighted by molar-refractivity contribution is 5.86. The van der Waals surface area contributed by atoms with E-state index in [0.717, 1.165) is 6.42 Å². The summed E-state index contributed by atoms with van der Waals surface area (Å²) >= 11 is 0. The van der Waals surface area contributed by atoms with Crippen LogP contribution in [0.5, 0.6) is 0 Å². The molecule has 0 radical (unpaired) electrons. The Hall–Kier alpha value is -1.36. The van der Waals surface area contributed by atoms with Gasteiger partial charge in [0, 0.05) is 13.0 Å². The molecule has 0 aromatic carbocycles. The van der Waals surface area contributed by atoms with Crippen LogP contribution in [0, 0.1) is 0 Å². The first-order valence-corrected chi connectivity index (χ1v) is 4.81. The minimum atomic E-state index is -0.810. The van der Waals surface area contributed by atoms with Crippen LogP contribution in [0.25, 0.3) is 0 Å². The number of carbonyl (C=O) groups is 2. The van der Waals surface area contributed by atoms with Crippen LogP contribution in [-0.4, -0.2) is 55.2 Å². The Kier molecular flexibility index (Phi) is 5.62. The van der Waals surface area contributed by atoms with Gasteiger partial charge in [-0.3, -0.25) is 4.79 Å². The Balaban J connectivity index is 3.70. The maximum absolute atomic E-state index is 10.8. The van der Waals surface area contributed by atoms with Gasteiger partial charge in [-0.2, -0.15) is 0 Å². The molecular formula is C10H19N2O3+. The summed E-state index contributed by atoms with van der Waals surface area (Å²) in [5, 5.41) is 11.3. The van der Waals surface area contributed by atoms with Crippen LogP contribution in [-0.2, 0) is 9.59 Å². The van der Waals surface area contributed by atoms with Gasteiger partial charge in [-0.05, 0) is 6.08 Å². The van der Waals surface area contributed by atoms with Gasteiger partial charge in [0.1, 0.15) is 0 Å². The van der Waals surface area contributed by atoms with Crippen molar-refractivity contribution in [2.75, 3.05) is 33.7 Å². The van der Waals surface area contributed by atoms with Crippen molar-refractivity contribution in [3.05, 3.63) is 12.7 Å². The average molecular weight is 215 g/mol. The summed E-state index contributed by atoms with van der Waals surface area (Å²) in [5.74, 6) is -1.01. The first-order chi connectivity index (χ1) is 6.87. The van der Waals surface area contributed by atoms with Gasteiger partial charge in [-0.15, -0.1) is 0 Å². The molecule has 0 fully saturated rings. The minimum Gasteiger partial charge on any atom is -0.477 e. The smallest absolute Gasteiger partial charge is 0.359 e. The highest BCUT2D eigenvalue weighted by Crippen LogP contribution is 1.98. The van der Waals surface area contributed by atoms with Gasteiger partial charge in [0.15, 0.2) is 6.54 Å². The van der Waals surface area contributed by atoms with E-state index in [1.807, 2.05) is 14.1 Å². The fraction of sp³-hybridized carbons (Fsp3) is 0.600.